The lowest BCUT2D eigenvalue weighted by Gasteiger charge is -2.13. The van der Waals surface area contributed by atoms with Gasteiger partial charge in [0.1, 0.15) is 23.0 Å². The van der Waals surface area contributed by atoms with Crippen molar-refractivity contribution in [3.63, 3.8) is 0 Å². The standard InChI is InChI=1S/C42H54N10O4S/c43-39(44)7-1-3-15-53-31-19-29(20-32(25-31)54-16-4-2-8-40(45)46)27-9-11-37-35(23-27)36-24-28(10-12-38(36)57-37)30-21-33(55-17-5-13-51-41(47)48)26-34(22-30)56-18-6-14-52-42(49)50/h9-12,19-26H,1-8,13-18H2,(H3,43,44)(H3,45,46)(H4,47,48,51)(H4,49,50,52). The van der Waals surface area contributed by atoms with E-state index in [1.54, 1.807) is 11.3 Å². The highest BCUT2D eigenvalue weighted by molar-refractivity contribution is 7.25. The van der Waals surface area contributed by atoms with Crippen molar-refractivity contribution in [2.24, 2.45) is 44.4 Å². The van der Waals surface area contributed by atoms with Crippen molar-refractivity contribution in [3.05, 3.63) is 72.8 Å². The second-order valence-corrected chi connectivity index (χ2v) is 14.7. The summed E-state index contributed by atoms with van der Waals surface area (Å²) in [7, 11) is 0. The van der Waals surface area contributed by atoms with E-state index in [0.29, 0.717) is 88.2 Å². The minimum atomic E-state index is 0.0560. The number of nitrogens with one attached hydrogen (secondary N) is 2. The maximum Gasteiger partial charge on any atom is 0.185 e. The van der Waals surface area contributed by atoms with Crippen LogP contribution in [0.4, 0.5) is 0 Å². The van der Waals surface area contributed by atoms with E-state index >= 15 is 0 Å². The molecule has 302 valence electrons. The van der Waals surface area contributed by atoms with Crippen LogP contribution in [-0.2, 0) is 0 Å². The van der Waals surface area contributed by atoms with Crippen LogP contribution in [0.25, 0.3) is 42.4 Å². The lowest BCUT2D eigenvalue weighted by Crippen LogP contribution is -2.23. The van der Waals surface area contributed by atoms with E-state index in [4.69, 9.17) is 64.2 Å². The Morgan fingerprint density at radius 2 is 0.825 bits per heavy atom. The van der Waals surface area contributed by atoms with Gasteiger partial charge in [-0.3, -0.25) is 20.8 Å². The molecule has 0 fully saturated rings. The summed E-state index contributed by atoms with van der Waals surface area (Å²) in [6.07, 6.45) is 5.52. The first-order valence-electron chi connectivity index (χ1n) is 19.1. The number of hydrogen-bond acceptors (Lipinski definition) is 9. The van der Waals surface area contributed by atoms with Gasteiger partial charge in [0.15, 0.2) is 11.9 Å². The molecule has 0 atom stereocenters. The fraction of sp³-hybridized carbons (Fsp3) is 0.333. The lowest BCUT2D eigenvalue weighted by molar-refractivity contribution is 0.293. The van der Waals surface area contributed by atoms with E-state index in [1.807, 2.05) is 36.4 Å². The monoisotopic (exact) mass is 794 g/mol. The predicted molar refractivity (Wildman–Crippen MR) is 234 cm³/mol. The van der Waals surface area contributed by atoms with Crippen molar-refractivity contribution in [2.45, 2.75) is 51.4 Å². The largest absolute Gasteiger partial charge is 0.493 e. The summed E-state index contributed by atoms with van der Waals surface area (Å²) in [4.78, 5) is 8.09. The molecule has 1 aromatic heterocycles. The van der Waals surface area contributed by atoms with Crippen molar-refractivity contribution < 1.29 is 18.9 Å². The third-order valence-electron chi connectivity index (χ3n) is 8.85. The zero-order chi connectivity index (χ0) is 40.6. The number of nitrogens with zero attached hydrogens (tertiary/aromatic N) is 2. The third kappa shape index (κ3) is 13.5. The number of hydrogen-bond donors (Lipinski definition) is 8. The van der Waals surface area contributed by atoms with Gasteiger partial charge in [0.25, 0.3) is 0 Å². The van der Waals surface area contributed by atoms with E-state index in [0.717, 1.165) is 58.7 Å². The van der Waals surface area contributed by atoms with E-state index in [2.05, 4.69) is 46.4 Å². The first-order valence-corrected chi connectivity index (χ1v) is 19.9. The number of rotatable bonds is 24. The normalized spacial score (nSPS) is 10.9. The lowest BCUT2D eigenvalue weighted by atomic mass is 9.99. The van der Waals surface area contributed by atoms with Crippen LogP contribution in [0.3, 0.4) is 0 Å². The molecule has 14 nitrogen and oxygen atoms in total. The summed E-state index contributed by atoms with van der Waals surface area (Å²) >= 11 is 1.75. The molecule has 0 amide bonds. The van der Waals surface area contributed by atoms with E-state index in [-0.39, 0.29) is 23.6 Å². The minimum Gasteiger partial charge on any atom is -0.493 e. The Morgan fingerprint density at radius 3 is 1.18 bits per heavy atom. The van der Waals surface area contributed by atoms with Crippen molar-refractivity contribution in [3.8, 4) is 45.3 Å². The Kier molecular flexibility index (Phi) is 15.6. The van der Waals surface area contributed by atoms with Gasteiger partial charge in [-0.25, -0.2) is 0 Å². The smallest absolute Gasteiger partial charge is 0.185 e. The maximum atomic E-state index is 7.49. The molecular weight excluding hydrogens is 741 g/mol. The van der Waals surface area contributed by atoms with Gasteiger partial charge >= 0.3 is 0 Å². The van der Waals surface area contributed by atoms with Gasteiger partial charge in [-0.15, -0.1) is 11.3 Å². The van der Waals surface area contributed by atoms with Gasteiger partial charge in [-0.1, -0.05) is 12.1 Å². The van der Waals surface area contributed by atoms with Crippen LogP contribution in [0, 0.1) is 10.8 Å². The van der Waals surface area contributed by atoms with E-state index < -0.39 is 0 Å². The molecule has 0 saturated heterocycles. The zero-order valence-electron chi connectivity index (χ0n) is 32.2. The summed E-state index contributed by atoms with van der Waals surface area (Å²) in [6, 6.07) is 24.9. The Balaban J connectivity index is 1.43. The third-order valence-corrected chi connectivity index (χ3v) is 10.00. The summed E-state index contributed by atoms with van der Waals surface area (Å²) in [6.45, 7) is 2.80. The Morgan fingerprint density at radius 1 is 0.456 bits per heavy atom. The zero-order valence-corrected chi connectivity index (χ0v) is 33.0. The number of guanidine groups is 2. The summed E-state index contributed by atoms with van der Waals surface area (Å²) in [5.74, 6) is 3.24. The fourth-order valence-electron chi connectivity index (χ4n) is 6.09. The fourth-order valence-corrected chi connectivity index (χ4v) is 7.15. The topological polar surface area (TPSA) is 265 Å². The molecule has 0 radical (unpaired) electrons. The predicted octanol–water partition coefficient (Wildman–Crippen LogP) is 6.44. The second kappa shape index (κ2) is 21.2. The summed E-state index contributed by atoms with van der Waals surface area (Å²) in [5, 5.41) is 17.3. The summed E-state index contributed by atoms with van der Waals surface area (Å²) < 4.78 is 27.0. The Hall–Kier alpha value is -6.22. The van der Waals surface area contributed by atoms with Crippen LogP contribution < -0.4 is 53.3 Å². The molecule has 14 N–H and O–H groups in total. The number of thiophene rings is 1. The van der Waals surface area contributed by atoms with Gasteiger partial charge < -0.3 is 53.3 Å². The molecule has 0 spiro atoms. The Bertz CT molecular complexity index is 2110. The first-order chi connectivity index (χ1) is 27.5. The van der Waals surface area contributed by atoms with Crippen molar-refractivity contribution >= 4 is 55.1 Å². The van der Waals surface area contributed by atoms with Gasteiger partial charge in [0.05, 0.1) is 38.1 Å². The molecule has 0 aliphatic rings. The van der Waals surface area contributed by atoms with Crippen LogP contribution in [0.15, 0.2) is 82.8 Å². The van der Waals surface area contributed by atoms with Gasteiger partial charge in [-0.05, 0) is 96.5 Å². The first kappa shape index (κ1) is 41.9. The van der Waals surface area contributed by atoms with Gasteiger partial charge in [0.2, 0.25) is 0 Å². The highest BCUT2D eigenvalue weighted by Gasteiger charge is 2.13. The van der Waals surface area contributed by atoms with Crippen molar-refractivity contribution in [1.82, 2.24) is 0 Å². The van der Waals surface area contributed by atoms with Gasteiger partial charge in [0, 0.05) is 71.1 Å². The van der Waals surface area contributed by atoms with Crippen LogP contribution in [0.1, 0.15) is 51.4 Å². The quantitative estimate of drug-likeness (QED) is 0.0192. The molecule has 0 aliphatic carbocycles. The molecule has 0 unspecified atom stereocenters. The van der Waals surface area contributed by atoms with Crippen LogP contribution >= 0.6 is 11.3 Å². The molecule has 5 aromatic rings. The highest BCUT2D eigenvalue weighted by atomic mass is 32.1. The molecule has 0 aliphatic heterocycles. The Labute approximate surface area is 337 Å². The van der Waals surface area contributed by atoms with Crippen molar-refractivity contribution in [1.29, 1.82) is 10.8 Å². The average molecular weight is 795 g/mol. The molecule has 0 saturated carbocycles. The van der Waals surface area contributed by atoms with E-state index in [1.165, 1.54) is 9.40 Å². The number of benzene rings is 4. The number of amidine groups is 2. The van der Waals surface area contributed by atoms with Crippen LogP contribution in [0.2, 0.25) is 0 Å². The number of unbranched alkanes of at least 4 members (excludes halogenated alkanes) is 2. The molecular formula is C42H54N10O4S. The SMILES string of the molecule is N=C(N)CCCCOc1cc(OCCCCC(=N)N)cc(-c2ccc3sc4ccc(-c5cc(OCCCN=C(N)N)cc(OCCCN=C(N)N)c5)cc4c3c2)c1. The number of nitrogens with two attached hydrogens (primary N) is 6. The molecule has 15 heteroatoms. The molecule has 57 heavy (non-hydrogen) atoms. The molecule has 0 bridgehead atoms. The minimum absolute atomic E-state index is 0.0560. The van der Waals surface area contributed by atoms with Gasteiger partial charge in [-0.2, -0.15) is 0 Å². The van der Waals surface area contributed by atoms with Crippen molar-refractivity contribution in [2.75, 3.05) is 39.5 Å². The van der Waals surface area contributed by atoms with E-state index in [9.17, 15) is 0 Å². The molecule has 5 rings (SSSR count). The number of ether oxygens (including phenoxy) is 4. The van der Waals surface area contributed by atoms with Crippen LogP contribution in [-0.4, -0.2) is 63.1 Å². The molecule has 1 heterocycles. The van der Waals surface area contributed by atoms with Crippen LogP contribution in [0.5, 0.6) is 23.0 Å². The number of fused-ring (bicyclic) bond motifs is 3. The summed E-state index contributed by atoms with van der Waals surface area (Å²) in [5.41, 5.74) is 36.9. The highest BCUT2D eigenvalue weighted by Crippen LogP contribution is 2.40. The number of aliphatic imine (C=N–C) groups is 2. The maximum absolute atomic E-state index is 7.49. The second-order valence-electron chi connectivity index (χ2n) is 13.6. The average Bonchev–Trinajstić information content (AvgIpc) is 3.54. The molecule has 4 aromatic carbocycles.